The number of thiocarbonyl (C=S) groups is 1. The van der Waals surface area contributed by atoms with Gasteiger partial charge in [0.1, 0.15) is 5.75 Å². The lowest BCUT2D eigenvalue weighted by Gasteiger charge is -1.99. The molecule has 1 heterocycles. The molecule has 0 saturated carbocycles. The minimum absolute atomic E-state index is 0.00358. The zero-order valence-corrected chi connectivity index (χ0v) is 8.75. The zero-order valence-electron chi connectivity index (χ0n) is 6.36. The van der Waals surface area contributed by atoms with E-state index in [1.54, 1.807) is 22.9 Å². The Morgan fingerprint density at radius 2 is 2.38 bits per heavy atom. The van der Waals surface area contributed by atoms with Crippen LogP contribution in [0.25, 0.3) is 10.2 Å². The van der Waals surface area contributed by atoms with Crippen LogP contribution in [-0.4, -0.2) is 9.49 Å². The number of fused-ring (bicyclic) bond motifs is 1. The molecule has 0 aliphatic rings. The van der Waals surface area contributed by atoms with E-state index < -0.39 is 0 Å². The largest absolute Gasteiger partial charge is 0.436 e. The second-order valence-electron chi connectivity index (χ2n) is 2.32. The van der Waals surface area contributed by atoms with Gasteiger partial charge < -0.3 is 4.74 Å². The molecule has 2 rings (SSSR count). The van der Waals surface area contributed by atoms with E-state index in [2.05, 4.69) is 17.2 Å². The van der Waals surface area contributed by atoms with E-state index in [1.807, 2.05) is 12.1 Å². The molecule has 0 aliphatic heterocycles. The van der Waals surface area contributed by atoms with E-state index in [-0.39, 0.29) is 4.51 Å². The second kappa shape index (κ2) is 3.57. The number of aromatic nitrogens is 1. The van der Waals surface area contributed by atoms with E-state index in [0.29, 0.717) is 5.75 Å². The van der Waals surface area contributed by atoms with Crippen LogP contribution in [0.3, 0.4) is 0 Å². The summed E-state index contributed by atoms with van der Waals surface area (Å²) in [5, 5.41) is 0. The number of nitrogens with zero attached hydrogens (tertiary/aromatic N) is 1. The van der Waals surface area contributed by atoms with Crippen molar-refractivity contribution in [1.29, 1.82) is 0 Å². The summed E-state index contributed by atoms with van der Waals surface area (Å²) in [5.74, 6) is 0.650. The molecule has 0 fully saturated rings. The van der Waals surface area contributed by atoms with E-state index in [0.717, 1.165) is 10.2 Å². The normalized spacial score (nSPS) is 10.2. The molecule has 0 unspecified atom stereocenters. The highest BCUT2D eigenvalue weighted by molar-refractivity contribution is 7.82. The number of hydrogen-bond donors (Lipinski definition) is 0. The molecular formula is C8H4ClNOS2. The van der Waals surface area contributed by atoms with Crippen molar-refractivity contribution in [3.8, 4) is 5.75 Å². The highest BCUT2D eigenvalue weighted by Crippen LogP contribution is 2.23. The number of benzene rings is 1. The van der Waals surface area contributed by atoms with Gasteiger partial charge in [-0.25, -0.2) is 4.98 Å². The summed E-state index contributed by atoms with van der Waals surface area (Å²) in [6.07, 6.45) is 0. The number of rotatable bonds is 1. The van der Waals surface area contributed by atoms with Crippen LogP contribution in [0.4, 0.5) is 0 Å². The smallest absolute Gasteiger partial charge is 0.260 e. The molecule has 13 heavy (non-hydrogen) atoms. The van der Waals surface area contributed by atoms with Crippen molar-refractivity contribution in [3.63, 3.8) is 0 Å². The van der Waals surface area contributed by atoms with Crippen molar-refractivity contribution < 1.29 is 4.74 Å². The Labute approximate surface area is 89.1 Å². The Balaban J connectivity index is 2.42. The molecule has 0 radical (unpaired) electrons. The third-order valence-corrected chi connectivity index (χ3v) is 2.45. The van der Waals surface area contributed by atoms with Crippen LogP contribution >= 0.6 is 35.2 Å². The van der Waals surface area contributed by atoms with Crippen molar-refractivity contribution in [2.45, 2.75) is 0 Å². The van der Waals surface area contributed by atoms with Gasteiger partial charge >= 0.3 is 0 Å². The van der Waals surface area contributed by atoms with Crippen molar-refractivity contribution >= 4 is 49.9 Å². The first-order chi connectivity index (χ1) is 6.25. The van der Waals surface area contributed by atoms with Crippen molar-refractivity contribution in [1.82, 2.24) is 4.98 Å². The van der Waals surface area contributed by atoms with Gasteiger partial charge in [0.15, 0.2) is 0 Å². The average Bonchev–Trinajstić information content (AvgIpc) is 2.49. The van der Waals surface area contributed by atoms with Crippen molar-refractivity contribution in [3.05, 3.63) is 23.7 Å². The second-order valence-corrected chi connectivity index (χ2v) is 4.15. The van der Waals surface area contributed by atoms with Crippen LogP contribution in [0.15, 0.2) is 23.7 Å². The third-order valence-electron chi connectivity index (χ3n) is 1.50. The number of thiazole rings is 1. The number of ether oxygens (including phenoxy) is 1. The van der Waals surface area contributed by atoms with E-state index in [9.17, 15) is 0 Å². The van der Waals surface area contributed by atoms with E-state index in [1.165, 1.54) is 0 Å². The summed E-state index contributed by atoms with van der Waals surface area (Å²) < 4.78 is 6.13. The van der Waals surface area contributed by atoms with Gasteiger partial charge in [-0.1, -0.05) is 0 Å². The fraction of sp³-hybridized carbons (Fsp3) is 0. The molecular weight excluding hydrogens is 226 g/mol. The Bertz CT molecular complexity index is 454. The van der Waals surface area contributed by atoms with Crippen LogP contribution in [0.5, 0.6) is 5.75 Å². The van der Waals surface area contributed by atoms with Gasteiger partial charge in [0.25, 0.3) is 4.51 Å². The van der Waals surface area contributed by atoms with Crippen LogP contribution in [0.1, 0.15) is 0 Å². The zero-order chi connectivity index (χ0) is 9.26. The molecule has 0 spiro atoms. The van der Waals surface area contributed by atoms with Crippen molar-refractivity contribution in [2.24, 2.45) is 0 Å². The maximum Gasteiger partial charge on any atom is 0.260 e. The first-order valence-corrected chi connectivity index (χ1v) is 5.13. The lowest BCUT2D eigenvalue weighted by molar-refractivity contribution is 0.579. The fourth-order valence-corrected chi connectivity index (χ4v) is 1.88. The van der Waals surface area contributed by atoms with Gasteiger partial charge in [-0.3, -0.25) is 0 Å². The highest BCUT2D eigenvalue weighted by atomic mass is 35.5. The standard InChI is InChI=1S/C8H4ClNOS2/c9-8(12)11-5-1-2-6-7(3-5)13-4-10-6/h1-4H. The molecule has 0 saturated heterocycles. The summed E-state index contributed by atoms with van der Waals surface area (Å²) >= 11 is 11.6. The Kier molecular flexibility index (Phi) is 2.44. The average molecular weight is 230 g/mol. The molecule has 1 aromatic heterocycles. The molecule has 5 heteroatoms. The molecule has 1 aromatic carbocycles. The molecule has 0 aliphatic carbocycles. The monoisotopic (exact) mass is 229 g/mol. The quantitative estimate of drug-likeness (QED) is 0.554. The van der Waals surface area contributed by atoms with Gasteiger partial charge in [-0.2, -0.15) is 0 Å². The maximum absolute atomic E-state index is 5.43. The Morgan fingerprint density at radius 1 is 1.54 bits per heavy atom. The molecule has 0 bridgehead atoms. The van der Waals surface area contributed by atoms with E-state index in [4.69, 9.17) is 16.3 Å². The number of hydrogen-bond acceptors (Lipinski definition) is 4. The van der Waals surface area contributed by atoms with Gasteiger partial charge in [-0.05, 0) is 36.0 Å². The van der Waals surface area contributed by atoms with Gasteiger partial charge in [0.2, 0.25) is 0 Å². The Hall–Kier alpha value is -0.710. The third kappa shape index (κ3) is 1.96. The van der Waals surface area contributed by atoms with Gasteiger partial charge in [0, 0.05) is 6.07 Å². The fourth-order valence-electron chi connectivity index (χ4n) is 0.992. The minimum atomic E-state index is 0.00358. The molecule has 66 valence electrons. The summed E-state index contributed by atoms with van der Waals surface area (Å²) in [7, 11) is 0. The molecule has 0 N–H and O–H groups in total. The van der Waals surface area contributed by atoms with Crippen LogP contribution in [0, 0.1) is 0 Å². The molecule has 0 amide bonds. The lowest BCUT2D eigenvalue weighted by Crippen LogP contribution is -1.94. The van der Waals surface area contributed by atoms with Crippen LogP contribution in [-0.2, 0) is 0 Å². The predicted molar refractivity (Wildman–Crippen MR) is 58.7 cm³/mol. The summed E-state index contributed by atoms with van der Waals surface area (Å²) in [6, 6.07) is 5.52. The van der Waals surface area contributed by atoms with Crippen LogP contribution in [0.2, 0.25) is 0 Å². The topological polar surface area (TPSA) is 22.1 Å². The van der Waals surface area contributed by atoms with Crippen LogP contribution < -0.4 is 4.74 Å². The maximum atomic E-state index is 5.43. The predicted octanol–water partition coefficient (Wildman–Crippen LogP) is 3.20. The first-order valence-electron chi connectivity index (χ1n) is 3.46. The number of halogens is 1. The summed E-state index contributed by atoms with van der Waals surface area (Å²) in [4.78, 5) is 4.14. The van der Waals surface area contributed by atoms with Crippen molar-refractivity contribution in [2.75, 3.05) is 0 Å². The lowest BCUT2D eigenvalue weighted by atomic mass is 10.3. The van der Waals surface area contributed by atoms with E-state index >= 15 is 0 Å². The molecule has 2 nitrogen and oxygen atoms in total. The van der Waals surface area contributed by atoms with Gasteiger partial charge in [-0.15, -0.1) is 11.3 Å². The molecule has 0 atom stereocenters. The highest BCUT2D eigenvalue weighted by Gasteiger charge is 2.00. The molecule has 2 aromatic rings. The first kappa shape index (κ1) is 8.87. The Morgan fingerprint density at radius 3 is 3.15 bits per heavy atom. The SMILES string of the molecule is S=C(Cl)Oc1ccc2ncsc2c1. The summed E-state index contributed by atoms with van der Waals surface area (Å²) in [5.41, 5.74) is 2.74. The minimum Gasteiger partial charge on any atom is -0.436 e. The van der Waals surface area contributed by atoms with Gasteiger partial charge in [0.05, 0.1) is 15.7 Å². The summed E-state index contributed by atoms with van der Waals surface area (Å²) in [6.45, 7) is 0.